The summed E-state index contributed by atoms with van der Waals surface area (Å²) in [5, 5.41) is 13.8. The Kier molecular flexibility index (Phi) is 6.94. The summed E-state index contributed by atoms with van der Waals surface area (Å²) in [4.78, 5) is 33.3. The van der Waals surface area contributed by atoms with Crippen LogP contribution in [0.2, 0.25) is 0 Å². The molecule has 21 heavy (non-hydrogen) atoms. The third kappa shape index (κ3) is 7.10. The topological polar surface area (TPSA) is 95.5 Å². The van der Waals surface area contributed by atoms with Crippen molar-refractivity contribution in [2.45, 2.75) is 32.6 Å². The number of hydrogen-bond donors (Lipinski definition) is 3. The molecule has 0 saturated carbocycles. The van der Waals surface area contributed by atoms with Crippen LogP contribution in [0, 0.1) is 0 Å². The minimum Gasteiger partial charge on any atom is -0.481 e. The largest absolute Gasteiger partial charge is 0.481 e. The highest BCUT2D eigenvalue weighted by atomic mass is 16.4. The van der Waals surface area contributed by atoms with Crippen LogP contribution in [-0.4, -0.2) is 29.4 Å². The first-order valence-corrected chi connectivity index (χ1v) is 6.88. The number of benzene rings is 1. The lowest BCUT2D eigenvalue weighted by Gasteiger charge is -2.07. The Hall–Kier alpha value is -2.37. The molecule has 3 N–H and O–H groups in total. The molecule has 0 aromatic heterocycles. The van der Waals surface area contributed by atoms with E-state index in [9.17, 15) is 14.4 Å². The zero-order chi connectivity index (χ0) is 15.7. The van der Waals surface area contributed by atoms with Crippen molar-refractivity contribution in [3.05, 3.63) is 29.8 Å². The number of amides is 2. The Morgan fingerprint density at radius 3 is 2.29 bits per heavy atom. The van der Waals surface area contributed by atoms with Gasteiger partial charge in [-0.05, 0) is 30.5 Å². The fraction of sp³-hybridized carbons (Fsp3) is 0.400. The number of nitrogens with one attached hydrogen (secondary N) is 2. The summed E-state index contributed by atoms with van der Waals surface area (Å²) >= 11 is 0. The number of carbonyl (C=O) groups excluding carboxylic acids is 2. The van der Waals surface area contributed by atoms with E-state index in [2.05, 4.69) is 10.6 Å². The second-order valence-electron chi connectivity index (χ2n) is 4.67. The average molecular weight is 292 g/mol. The van der Waals surface area contributed by atoms with Crippen LogP contribution in [-0.2, 0) is 20.8 Å². The summed E-state index contributed by atoms with van der Waals surface area (Å²) in [6.45, 7) is 1.84. The van der Waals surface area contributed by atoms with Gasteiger partial charge in [0.25, 0.3) is 0 Å². The zero-order valence-corrected chi connectivity index (χ0v) is 12.0. The van der Waals surface area contributed by atoms with Crippen molar-refractivity contribution in [3.8, 4) is 0 Å². The Labute approximate surface area is 123 Å². The highest BCUT2D eigenvalue weighted by molar-refractivity contribution is 5.94. The van der Waals surface area contributed by atoms with Gasteiger partial charge in [-0.15, -0.1) is 0 Å². The quantitative estimate of drug-likeness (QED) is 0.677. The van der Waals surface area contributed by atoms with E-state index >= 15 is 0 Å². The zero-order valence-electron chi connectivity index (χ0n) is 12.0. The first kappa shape index (κ1) is 16.7. The number of aryl methyl sites for hydroxylation is 1. The molecule has 0 heterocycles. The molecule has 0 spiro atoms. The number of carboxylic acids is 1. The molecule has 0 fully saturated rings. The maximum Gasteiger partial charge on any atom is 0.303 e. The predicted molar refractivity (Wildman–Crippen MR) is 78.9 cm³/mol. The number of aliphatic carboxylic acids is 1. The molecule has 6 heteroatoms. The second kappa shape index (κ2) is 8.73. The number of hydrogen-bond acceptors (Lipinski definition) is 3. The lowest BCUT2D eigenvalue weighted by Crippen LogP contribution is -2.32. The Balaban J connectivity index is 2.39. The van der Waals surface area contributed by atoms with Crippen LogP contribution in [0.5, 0.6) is 0 Å². The summed E-state index contributed by atoms with van der Waals surface area (Å²) in [6.07, 6.45) is 1.68. The molecule has 0 bridgehead atoms. The predicted octanol–water partition coefficient (Wildman–Crippen LogP) is 1.56. The molecular weight excluding hydrogens is 272 g/mol. The monoisotopic (exact) mass is 292 g/mol. The molecular formula is C15H20N2O4. The molecule has 1 aromatic rings. The Morgan fingerprint density at radius 1 is 1.05 bits per heavy atom. The number of carboxylic acid groups (broad SMARTS) is 1. The smallest absolute Gasteiger partial charge is 0.303 e. The number of rotatable bonds is 8. The van der Waals surface area contributed by atoms with E-state index in [0.29, 0.717) is 18.5 Å². The van der Waals surface area contributed by atoms with Gasteiger partial charge in [0, 0.05) is 18.5 Å². The van der Waals surface area contributed by atoms with Gasteiger partial charge in [0.1, 0.15) is 0 Å². The molecule has 2 amide bonds. The van der Waals surface area contributed by atoms with Crippen LogP contribution in [0.3, 0.4) is 0 Å². The van der Waals surface area contributed by atoms with E-state index in [1.807, 2.05) is 6.92 Å². The summed E-state index contributed by atoms with van der Waals surface area (Å²) in [5.74, 6) is -1.27. The van der Waals surface area contributed by atoms with E-state index in [-0.39, 0.29) is 24.8 Å². The minimum absolute atomic E-state index is 0.0560. The van der Waals surface area contributed by atoms with Gasteiger partial charge in [0.05, 0.1) is 6.54 Å². The SMILES string of the molecule is CCCC(=O)NCC(=O)Nc1ccc(CCC(=O)O)cc1. The maximum atomic E-state index is 11.6. The molecule has 0 radical (unpaired) electrons. The van der Waals surface area contributed by atoms with Crippen LogP contribution in [0.4, 0.5) is 5.69 Å². The summed E-state index contributed by atoms with van der Waals surface area (Å²) < 4.78 is 0. The minimum atomic E-state index is -0.838. The molecule has 1 rings (SSSR count). The second-order valence-corrected chi connectivity index (χ2v) is 4.67. The first-order valence-electron chi connectivity index (χ1n) is 6.88. The van der Waals surface area contributed by atoms with Gasteiger partial charge in [-0.3, -0.25) is 14.4 Å². The molecule has 0 unspecified atom stereocenters. The van der Waals surface area contributed by atoms with Gasteiger partial charge in [-0.25, -0.2) is 0 Å². The van der Waals surface area contributed by atoms with Crippen molar-refractivity contribution in [1.82, 2.24) is 5.32 Å². The van der Waals surface area contributed by atoms with E-state index in [1.165, 1.54) is 0 Å². The fourth-order valence-electron chi connectivity index (χ4n) is 1.71. The standard InChI is InChI=1S/C15H20N2O4/c1-2-3-13(18)16-10-14(19)17-12-7-4-11(5-8-12)6-9-15(20)21/h4-5,7-8H,2-3,6,9-10H2,1H3,(H,16,18)(H,17,19)(H,20,21). The summed E-state index contributed by atoms with van der Waals surface area (Å²) in [6, 6.07) is 6.97. The molecule has 0 saturated heterocycles. The highest BCUT2D eigenvalue weighted by Gasteiger charge is 2.05. The van der Waals surface area contributed by atoms with Crippen molar-refractivity contribution in [1.29, 1.82) is 0 Å². The van der Waals surface area contributed by atoms with Crippen molar-refractivity contribution in [2.75, 3.05) is 11.9 Å². The molecule has 0 aliphatic carbocycles. The van der Waals surface area contributed by atoms with E-state index in [4.69, 9.17) is 5.11 Å². The van der Waals surface area contributed by atoms with Crippen LogP contribution in [0.1, 0.15) is 31.7 Å². The van der Waals surface area contributed by atoms with Gasteiger partial charge in [-0.1, -0.05) is 19.1 Å². The fourth-order valence-corrected chi connectivity index (χ4v) is 1.71. The molecule has 0 aliphatic heterocycles. The van der Waals surface area contributed by atoms with Crippen molar-refractivity contribution >= 4 is 23.5 Å². The van der Waals surface area contributed by atoms with E-state index < -0.39 is 5.97 Å². The molecule has 0 atom stereocenters. The van der Waals surface area contributed by atoms with Gasteiger partial charge >= 0.3 is 5.97 Å². The van der Waals surface area contributed by atoms with Gasteiger partial charge in [0.15, 0.2) is 0 Å². The van der Waals surface area contributed by atoms with E-state index in [0.717, 1.165) is 12.0 Å². The molecule has 6 nitrogen and oxygen atoms in total. The third-order valence-electron chi connectivity index (χ3n) is 2.79. The van der Waals surface area contributed by atoms with Crippen LogP contribution in [0.25, 0.3) is 0 Å². The number of carbonyl (C=O) groups is 3. The maximum absolute atomic E-state index is 11.6. The number of anilines is 1. The van der Waals surface area contributed by atoms with Crippen LogP contribution >= 0.6 is 0 Å². The van der Waals surface area contributed by atoms with Crippen molar-refractivity contribution in [2.24, 2.45) is 0 Å². The highest BCUT2D eigenvalue weighted by Crippen LogP contribution is 2.11. The normalized spacial score (nSPS) is 9.95. The Bertz CT molecular complexity index is 497. The first-order chi connectivity index (χ1) is 10.0. The molecule has 0 aliphatic rings. The molecule has 1 aromatic carbocycles. The van der Waals surface area contributed by atoms with Crippen LogP contribution in [0.15, 0.2) is 24.3 Å². The lowest BCUT2D eigenvalue weighted by atomic mass is 10.1. The van der Waals surface area contributed by atoms with Gasteiger partial charge < -0.3 is 15.7 Å². The van der Waals surface area contributed by atoms with Crippen molar-refractivity contribution < 1.29 is 19.5 Å². The Morgan fingerprint density at radius 2 is 1.71 bits per heavy atom. The molecule has 114 valence electrons. The summed E-state index contributed by atoms with van der Waals surface area (Å²) in [7, 11) is 0. The average Bonchev–Trinajstić information content (AvgIpc) is 2.45. The van der Waals surface area contributed by atoms with Gasteiger partial charge in [-0.2, -0.15) is 0 Å². The lowest BCUT2D eigenvalue weighted by molar-refractivity contribution is -0.137. The van der Waals surface area contributed by atoms with E-state index in [1.54, 1.807) is 24.3 Å². The van der Waals surface area contributed by atoms with Crippen LogP contribution < -0.4 is 10.6 Å². The third-order valence-corrected chi connectivity index (χ3v) is 2.79. The van der Waals surface area contributed by atoms with Crippen molar-refractivity contribution in [3.63, 3.8) is 0 Å². The summed E-state index contributed by atoms with van der Waals surface area (Å²) in [5.41, 5.74) is 1.51. The van der Waals surface area contributed by atoms with Gasteiger partial charge in [0.2, 0.25) is 11.8 Å².